The minimum Gasteiger partial charge on any atom is -0.481 e. The van der Waals surface area contributed by atoms with Crippen LogP contribution in [-0.4, -0.2) is 22.2 Å². The molecule has 2 N–H and O–H groups in total. The van der Waals surface area contributed by atoms with Crippen molar-refractivity contribution >= 4 is 11.9 Å². The SMILES string of the molecule is CC(CC(C(=O)O)C(C)CC(C)(C)C)CC(C)(C)CC(=O)O. The molecule has 0 rings (SSSR count). The van der Waals surface area contributed by atoms with E-state index in [2.05, 4.69) is 20.8 Å². The van der Waals surface area contributed by atoms with E-state index in [1.54, 1.807) is 0 Å². The highest BCUT2D eigenvalue weighted by Crippen LogP contribution is 2.36. The van der Waals surface area contributed by atoms with E-state index in [0.717, 1.165) is 12.8 Å². The third-order valence-electron chi connectivity index (χ3n) is 4.13. The Morgan fingerprint density at radius 1 is 0.955 bits per heavy atom. The van der Waals surface area contributed by atoms with Gasteiger partial charge < -0.3 is 10.2 Å². The van der Waals surface area contributed by atoms with Gasteiger partial charge in [0, 0.05) is 0 Å². The number of hydrogen-bond acceptors (Lipinski definition) is 2. The average molecular weight is 314 g/mol. The Bertz CT molecular complexity index is 379. The molecule has 0 spiro atoms. The minimum absolute atomic E-state index is 0.110. The van der Waals surface area contributed by atoms with Crippen LogP contribution < -0.4 is 0 Å². The normalized spacial score (nSPS) is 16.9. The molecule has 0 amide bonds. The fraction of sp³-hybridized carbons (Fsp3) is 0.889. The highest BCUT2D eigenvalue weighted by atomic mass is 16.4. The van der Waals surface area contributed by atoms with Crippen molar-refractivity contribution < 1.29 is 19.8 Å². The molecule has 0 heterocycles. The quantitative estimate of drug-likeness (QED) is 0.648. The van der Waals surface area contributed by atoms with Gasteiger partial charge >= 0.3 is 11.9 Å². The third kappa shape index (κ3) is 9.06. The molecule has 0 saturated carbocycles. The van der Waals surface area contributed by atoms with Gasteiger partial charge in [-0.1, -0.05) is 48.5 Å². The second-order valence-corrected chi connectivity index (χ2v) is 8.97. The van der Waals surface area contributed by atoms with Gasteiger partial charge in [-0.3, -0.25) is 9.59 Å². The highest BCUT2D eigenvalue weighted by Gasteiger charge is 2.32. The first-order valence-electron chi connectivity index (χ1n) is 8.18. The maximum absolute atomic E-state index is 11.6. The van der Waals surface area contributed by atoms with Crippen LogP contribution in [-0.2, 0) is 9.59 Å². The smallest absolute Gasteiger partial charge is 0.306 e. The van der Waals surface area contributed by atoms with Crippen molar-refractivity contribution in [3.63, 3.8) is 0 Å². The van der Waals surface area contributed by atoms with Crippen molar-refractivity contribution in [1.82, 2.24) is 0 Å². The Labute approximate surface area is 135 Å². The molecule has 130 valence electrons. The summed E-state index contributed by atoms with van der Waals surface area (Å²) in [5.74, 6) is -1.59. The lowest BCUT2D eigenvalue weighted by molar-refractivity contribution is -0.145. The van der Waals surface area contributed by atoms with E-state index in [4.69, 9.17) is 5.11 Å². The summed E-state index contributed by atoms with van der Waals surface area (Å²) in [5.41, 5.74) is -0.194. The Hall–Kier alpha value is -1.06. The van der Waals surface area contributed by atoms with E-state index in [-0.39, 0.29) is 35.0 Å². The summed E-state index contributed by atoms with van der Waals surface area (Å²) < 4.78 is 0. The zero-order valence-electron chi connectivity index (χ0n) is 15.3. The topological polar surface area (TPSA) is 74.6 Å². The lowest BCUT2D eigenvalue weighted by atomic mass is 9.73. The van der Waals surface area contributed by atoms with Crippen molar-refractivity contribution in [1.29, 1.82) is 0 Å². The molecule has 0 aromatic heterocycles. The molecule has 0 aromatic carbocycles. The first-order chi connectivity index (χ1) is 9.73. The summed E-state index contributed by atoms with van der Waals surface area (Å²) in [7, 11) is 0. The summed E-state index contributed by atoms with van der Waals surface area (Å²) >= 11 is 0. The number of aliphatic carboxylic acids is 2. The van der Waals surface area contributed by atoms with Crippen LogP contribution >= 0.6 is 0 Å². The molecule has 0 aliphatic rings. The number of carboxylic acid groups (broad SMARTS) is 2. The minimum atomic E-state index is -0.798. The molecule has 22 heavy (non-hydrogen) atoms. The van der Waals surface area contributed by atoms with E-state index in [9.17, 15) is 14.7 Å². The van der Waals surface area contributed by atoms with E-state index >= 15 is 0 Å². The van der Waals surface area contributed by atoms with Crippen molar-refractivity contribution in [2.24, 2.45) is 28.6 Å². The molecule has 0 saturated heterocycles. The van der Waals surface area contributed by atoms with Gasteiger partial charge in [0.1, 0.15) is 0 Å². The van der Waals surface area contributed by atoms with Gasteiger partial charge in [-0.2, -0.15) is 0 Å². The molecule has 4 heteroatoms. The van der Waals surface area contributed by atoms with E-state index < -0.39 is 11.9 Å². The Morgan fingerprint density at radius 2 is 1.45 bits per heavy atom. The standard InChI is InChI=1S/C18H34O4/c1-12(9-18(6,7)11-15(19)20)8-14(16(21)22)13(2)10-17(3,4)5/h12-14H,8-11H2,1-7H3,(H,19,20)(H,21,22). The van der Waals surface area contributed by atoms with Crippen molar-refractivity contribution in [2.75, 3.05) is 0 Å². The Morgan fingerprint density at radius 3 is 1.82 bits per heavy atom. The van der Waals surface area contributed by atoms with Crippen LogP contribution in [0.5, 0.6) is 0 Å². The van der Waals surface area contributed by atoms with Crippen LogP contribution in [0.15, 0.2) is 0 Å². The van der Waals surface area contributed by atoms with Crippen LogP contribution in [0.25, 0.3) is 0 Å². The summed E-state index contributed by atoms with van der Waals surface area (Å²) in [6.07, 6.45) is 2.32. The molecule has 0 aromatic rings. The highest BCUT2D eigenvalue weighted by molar-refractivity contribution is 5.70. The van der Waals surface area contributed by atoms with Crippen LogP contribution in [0.1, 0.15) is 74.1 Å². The zero-order valence-corrected chi connectivity index (χ0v) is 15.3. The molecular formula is C18H34O4. The molecule has 0 radical (unpaired) electrons. The molecule has 0 aliphatic carbocycles. The Kier molecular flexibility index (Phi) is 7.60. The molecular weight excluding hydrogens is 280 g/mol. The fourth-order valence-corrected chi connectivity index (χ4v) is 3.63. The predicted molar refractivity (Wildman–Crippen MR) is 88.8 cm³/mol. The molecule has 3 unspecified atom stereocenters. The number of carbonyl (C=O) groups is 2. The second kappa shape index (κ2) is 7.98. The summed E-state index contributed by atoms with van der Waals surface area (Å²) in [6.45, 7) is 14.3. The zero-order chi connectivity index (χ0) is 17.7. The maximum atomic E-state index is 11.6. The molecule has 4 nitrogen and oxygen atoms in total. The number of carboxylic acids is 2. The van der Waals surface area contributed by atoms with Gasteiger partial charge in [0.05, 0.1) is 12.3 Å². The monoisotopic (exact) mass is 314 g/mol. The first kappa shape index (κ1) is 20.9. The largest absolute Gasteiger partial charge is 0.481 e. The van der Waals surface area contributed by atoms with Gasteiger partial charge in [-0.15, -0.1) is 0 Å². The molecule has 0 fully saturated rings. The van der Waals surface area contributed by atoms with Gasteiger partial charge in [-0.25, -0.2) is 0 Å². The molecule has 0 bridgehead atoms. The van der Waals surface area contributed by atoms with Crippen molar-refractivity contribution in [3.8, 4) is 0 Å². The maximum Gasteiger partial charge on any atom is 0.306 e. The number of hydrogen-bond donors (Lipinski definition) is 2. The number of rotatable bonds is 9. The lowest BCUT2D eigenvalue weighted by Gasteiger charge is -2.31. The van der Waals surface area contributed by atoms with Gasteiger partial charge in [0.15, 0.2) is 0 Å². The fourth-order valence-electron chi connectivity index (χ4n) is 3.63. The van der Waals surface area contributed by atoms with Crippen molar-refractivity contribution in [3.05, 3.63) is 0 Å². The van der Waals surface area contributed by atoms with Gasteiger partial charge in [0.25, 0.3) is 0 Å². The van der Waals surface area contributed by atoms with E-state index in [0.29, 0.717) is 6.42 Å². The third-order valence-corrected chi connectivity index (χ3v) is 4.13. The van der Waals surface area contributed by atoms with E-state index in [1.807, 2.05) is 27.7 Å². The van der Waals surface area contributed by atoms with Crippen molar-refractivity contribution in [2.45, 2.75) is 74.1 Å². The first-order valence-corrected chi connectivity index (χ1v) is 8.18. The van der Waals surface area contributed by atoms with Crippen LogP contribution in [0, 0.1) is 28.6 Å². The molecule has 3 atom stereocenters. The predicted octanol–water partition coefficient (Wildman–Crippen LogP) is 4.68. The summed E-state index contributed by atoms with van der Waals surface area (Å²) in [6, 6.07) is 0. The van der Waals surface area contributed by atoms with Gasteiger partial charge in [0.2, 0.25) is 0 Å². The average Bonchev–Trinajstić information content (AvgIpc) is 2.19. The van der Waals surface area contributed by atoms with Gasteiger partial charge in [-0.05, 0) is 41.9 Å². The van der Waals surface area contributed by atoms with E-state index in [1.165, 1.54) is 0 Å². The lowest BCUT2D eigenvalue weighted by Crippen LogP contribution is -2.28. The second-order valence-electron chi connectivity index (χ2n) is 8.97. The van der Waals surface area contributed by atoms with Crippen LogP contribution in [0.2, 0.25) is 0 Å². The van der Waals surface area contributed by atoms with Crippen LogP contribution in [0.4, 0.5) is 0 Å². The summed E-state index contributed by atoms with van der Waals surface area (Å²) in [4.78, 5) is 22.5. The molecule has 0 aliphatic heterocycles. The summed E-state index contributed by atoms with van der Waals surface area (Å²) in [5, 5.41) is 18.5. The Balaban J connectivity index is 4.75. The van der Waals surface area contributed by atoms with Crippen LogP contribution in [0.3, 0.4) is 0 Å².